The Morgan fingerprint density at radius 2 is 1.86 bits per heavy atom. The van der Waals surface area contributed by atoms with Gasteiger partial charge < -0.3 is 19.4 Å². The molecule has 3 aromatic rings. The van der Waals surface area contributed by atoms with Gasteiger partial charge in [0.1, 0.15) is 11.4 Å². The summed E-state index contributed by atoms with van der Waals surface area (Å²) in [5.74, 6) is 0.174. The maximum absolute atomic E-state index is 13.6. The number of amides is 1. The monoisotopic (exact) mass is 601 g/mol. The molecule has 42 heavy (non-hydrogen) atoms. The lowest BCUT2D eigenvalue weighted by Gasteiger charge is -2.35. The SMILES string of the molecule is COc1cnc2ccc(=O)n(CC(NS(=O)(=O)c3ccccc3[N+](=O)[O-])C3CCC(NC(=O)OC(C)(C)C)CC3)c2c1. The lowest BCUT2D eigenvalue weighted by molar-refractivity contribution is -0.387. The molecular weight excluding hydrogens is 566 g/mol. The number of nitro benzene ring substituents is 1. The van der Waals surface area contributed by atoms with Crippen LogP contribution in [0.5, 0.6) is 5.75 Å². The Hall–Kier alpha value is -4.04. The first-order valence-corrected chi connectivity index (χ1v) is 15.0. The van der Waals surface area contributed by atoms with Crippen LogP contribution in [0.4, 0.5) is 10.5 Å². The average Bonchev–Trinajstić information content (AvgIpc) is 2.93. The van der Waals surface area contributed by atoms with Gasteiger partial charge in [-0.25, -0.2) is 17.9 Å². The van der Waals surface area contributed by atoms with Crippen LogP contribution in [0.3, 0.4) is 0 Å². The Morgan fingerprint density at radius 1 is 1.17 bits per heavy atom. The molecule has 1 aliphatic rings. The fourth-order valence-corrected chi connectivity index (χ4v) is 6.63. The summed E-state index contributed by atoms with van der Waals surface area (Å²) in [6.07, 6.45) is 3.13. The maximum atomic E-state index is 13.6. The Kier molecular flexibility index (Phi) is 9.16. The average molecular weight is 602 g/mol. The molecule has 4 rings (SSSR count). The second kappa shape index (κ2) is 12.4. The first-order chi connectivity index (χ1) is 19.8. The van der Waals surface area contributed by atoms with Gasteiger partial charge in [0.2, 0.25) is 10.0 Å². The van der Waals surface area contributed by atoms with Gasteiger partial charge in [-0.1, -0.05) is 12.1 Å². The standard InChI is InChI=1S/C28H35N5O8S/c1-28(2,3)41-27(35)30-19-11-9-18(10-12-19)22(31-42(38,39)25-8-6-5-7-23(25)33(36)37)17-32-24-15-20(40-4)16-29-21(24)13-14-26(32)34/h5-8,13-16,18-19,22,31H,9-12,17H2,1-4H3,(H,30,35). The highest BCUT2D eigenvalue weighted by Crippen LogP contribution is 2.31. The summed E-state index contributed by atoms with van der Waals surface area (Å²) in [5, 5.41) is 14.5. The topological polar surface area (TPSA) is 172 Å². The van der Waals surface area contributed by atoms with Crippen molar-refractivity contribution in [1.82, 2.24) is 19.6 Å². The zero-order valence-corrected chi connectivity index (χ0v) is 24.7. The third-order valence-corrected chi connectivity index (χ3v) is 8.68. The van der Waals surface area contributed by atoms with Crippen LogP contribution >= 0.6 is 0 Å². The molecule has 1 atom stereocenters. The Balaban J connectivity index is 1.66. The van der Waals surface area contributed by atoms with E-state index in [1.54, 1.807) is 32.9 Å². The van der Waals surface area contributed by atoms with E-state index in [4.69, 9.17) is 9.47 Å². The fourth-order valence-electron chi connectivity index (χ4n) is 5.17. The summed E-state index contributed by atoms with van der Waals surface area (Å²) in [5.41, 5.74) is -0.593. The third kappa shape index (κ3) is 7.42. The van der Waals surface area contributed by atoms with Crippen LogP contribution < -0.4 is 20.3 Å². The minimum Gasteiger partial charge on any atom is -0.495 e. The lowest BCUT2D eigenvalue weighted by atomic mass is 9.81. The predicted molar refractivity (Wildman–Crippen MR) is 155 cm³/mol. The highest BCUT2D eigenvalue weighted by Gasteiger charge is 2.35. The second-order valence-corrected chi connectivity index (χ2v) is 13.0. The largest absolute Gasteiger partial charge is 0.495 e. The number of alkyl carbamates (subject to hydrolysis) is 1. The molecule has 0 radical (unpaired) electrons. The van der Waals surface area contributed by atoms with Crippen LogP contribution in [0.25, 0.3) is 11.0 Å². The molecule has 1 unspecified atom stereocenters. The third-order valence-electron chi connectivity index (χ3n) is 7.15. The van der Waals surface area contributed by atoms with Gasteiger partial charge in [-0.3, -0.25) is 19.9 Å². The first-order valence-electron chi connectivity index (χ1n) is 13.6. The number of aromatic nitrogens is 2. The number of rotatable bonds is 9. The maximum Gasteiger partial charge on any atom is 0.407 e. The molecule has 2 heterocycles. The van der Waals surface area contributed by atoms with Crippen LogP contribution in [0, 0.1) is 16.0 Å². The highest BCUT2D eigenvalue weighted by molar-refractivity contribution is 7.89. The number of benzene rings is 1. The van der Waals surface area contributed by atoms with Crippen LogP contribution in [0.1, 0.15) is 46.5 Å². The summed E-state index contributed by atoms with van der Waals surface area (Å²) in [6.45, 7) is 5.27. The molecule has 14 heteroatoms. The van der Waals surface area contributed by atoms with Crippen molar-refractivity contribution in [2.45, 2.75) is 75.6 Å². The lowest BCUT2D eigenvalue weighted by Crippen LogP contribution is -2.48. The van der Waals surface area contributed by atoms with Crippen molar-refractivity contribution in [1.29, 1.82) is 0 Å². The van der Waals surface area contributed by atoms with E-state index in [0.717, 1.165) is 6.07 Å². The van der Waals surface area contributed by atoms with Gasteiger partial charge >= 0.3 is 6.09 Å². The number of nitro groups is 1. The number of ether oxygens (including phenoxy) is 2. The zero-order chi connectivity index (χ0) is 30.7. The molecule has 1 aliphatic carbocycles. The number of carbonyl (C=O) groups is 1. The van der Waals surface area contributed by atoms with Gasteiger partial charge in [0.15, 0.2) is 4.90 Å². The number of methoxy groups -OCH3 is 1. The van der Waals surface area contributed by atoms with Gasteiger partial charge in [0.25, 0.3) is 11.2 Å². The predicted octanol–water partition coefficient (Wildman–Crippen LogP) is 3.74. The minimum atomic E-state index is -4.37. The molecule has 1 saturated carbocycles. The van der Waals surface area contributed by atoms with E-state index < -0.39 is 43.3 Å². The second-order valence-electron chi connectivity index (χ2n) is 11.3. The van der Waals surface area contributed by atoms with E-state index in [1.165, 1.54) is 42.1 Å². The summed E-state index contributed by atoms with van der Waals surface area (Å²) >= 11 is 0. The molecular formula is C28H35N5O8S. The molecule has 1 aromatic carbocycles. The number of sulfonamides is 1. The van der Waals surface area contributed by atoms with Crippen molar-refractivity contribution in [3.8, 4) is 5.75 Å². The Morgan fingerprint density at radius 3 is 2.50 bits per heavy atom. The van der Waals surface area contributed by atoms with Crippen molar-refractivity contribution in [2.24, 2.45) is 5.92 Å². The number of carbonyl (C=O) groups excluding carboxylic acids is 1. The van der Waals surface area contributed by atoms with Gasteiger partial charge in [-0.05, 0) is 64.5 Å². The highest BCUT2D eigenvalue weighted by atomic mass is 32.2. The summed E-state index contributed by atoms with van der Waals surface area (Å²) < 4.78 is 41.9. The number of pyridine rings is 2. The molecule has 0 aliphatic heterocycles. The Labute approximate surface area is 243 Å². The van der Waals surface area contributed by atoms with Crippen LogP contribution in [0.2, 0.25) is 0 Å². The normalized spacial score (nSPS) is 18.3. The van der Waals surface area contributed by atoms with Crippen molar-refractivity contribution >= 4 is 32.8 Å². The van der Waals surface area contributed by atoms with Gasteiger partial charge in [0, 0.05) is 36.8 Å². The van der Waals surface area contributed by atoms with Gasteiger partial charge in [0.05, 0.1) is 29.3 Å². The molecule has 1 fully saturated rings. The molecule has 0 bridgehead atoms. The number of para-hydroxylation sites is 1. The van der Waals surface area contributed by atoms with E-state index >= 15 is 0 Å². The van der Waals surface area contributed by atoms with Crippen LogP contribution in [-0.2, 0) is 21.3 Å². The number of nitrogens with zero attached hydrogens (tertiary/aromatic N) is 3. The van der Waals surface area contributed by atoms with Gasteiger partial charge in [-0.2, -0.15) is 0 Å². The first kappa shape index (κ1) is 30.9. The quantitative estimate of drug-likeness (QED) is 0.274. The minimum absolute atomic E-state index is 0.0558. The zero-order valence-electron chi connectivity index (χ0n) is 23.9. The summed E-state index contributed by atoms with van der Waals surface area (Å²) in [7, 11) is -2.90. The molecule has 2 aromatic heterocycles. The van der Waals surface area contributed by atoms with E-state index in [9.17, 15) is 28.1 Å². The molecule has 0 saturated heterocycles. The summed E-state index contributed by atoms with van der Waals surface area (Å²) in [6, 6.07) is 8.72. The fraction of sp³-hybridized carbons (Fsp3) is 0.464. The van der Waals surface area contributed by atoms with Crippen molar-refractivity contribution in [3.63, 3.8) is 0 Å². The molecule has 1 amide bonds. The van der Waals surface area contributed by atoms with E-state index in [1.807, 2.05) is 0 Å². The number of hydrogen-bond acceptors (Lipinski definition) is 9. The summed E-state index contributed by atoms with van der Waals surface area (Å²) in [4.78, 5) is 40.1. The number of nitrogens with one attached hydrogen (secondary N) is 2. The van der Waals surface area contributed by atoms with Crippen molar-refractivity contribution in [3.05, 3.63) is 69.1 Å². The smallest absolute Gasteiger partial charge is 0.407 e. The van der Waals surface area contributed by atoms with Crippen molar-refractivity contribution < 1.29 is 27.6 Å². The molecule has 13 nitrogen and oxygen atoms in total. The van der Waals surface area contributed by atoms with Crippen molar-refractivity contribution in [2.75, 3.05) is 7.11 Å². The van der Waals surface area contributed by atoms with E-state index in [-0.39, 0.29) is 24.1 Å². The molecule has 226 valence electrons. The van der Waals surface area contributed by atoms with E-state index in [2.05, 4.69) is 15.0 Å². The Bertz CT molecular complexity index is 1630. The van der Waals surface area contributed by atoms with Gasteiger partial charge in [-0.15, -0.1) is 0 Å². The molecule has 0 spiro atoms. The molecule has 2 N–H and O–H groups in total. The number of hydrogen-bond donors (Lipinski definition) is 2. The van der Waals surface area contributed by atoms with E-state index in [0.29, 0.717) is 42.5 Å². The van der Waals surface area contributed by atoms with Crippen LogP contribution in [-0.4, -0.2) is 53.8 Å². The van der Waals surface area contributed by atoms with Crippen LogP contribution in [0.15, 0.2) is 58.4 Å². The number of fused-ring (bicyclic) bond motifs is 1.